The Morgan fingerprint density at radius 2 is 2.00 bits per heavy atom. The lowest BCUT2D eigenvalue weighted by molar-refractivity contribution is -0.152. The molecule has 1 aliphatic rings. The standard InChI is InChI=1S/C15H21NO2/c1-3-16(11-12-7-5-4-6-8-12)15(2,14(17)18)13-9-10-13/h4-8,13H,3,9-11H2,1-2H3,(H,17,18). The van der Waals surface area contributed by atoms with Gasteiger partial charge in [-0.05, 0) is 37.8 Å². The Morgan fingerprint density at radius 1 is 1.39 bits per heavy atom. The highest BCUT2D eigenvalue weighted by Gasteiger charge is 2.50. The van der Waals surface area contributed by atoms with Gasteiger partial charge in [0, 0.05) is 6.54 Å². The van der Waals surface area contributed by atoms with Gasteiger partial charge in [-0.2, -0.15) is 0 Å². The molecule has 0 bridgehead atoms. The number of hydrogen-bond acceptors (Lipinski definition) is 2. The normalized spacial score (nSPS) is 18.6. The lowest BCUT2D eigenvalue weighted by atomic mass is 9.92. The van der Waals surface area contributed by atoms with Crippen molar-refractivity contribution in [3.63, 3.8) is 0 Å². The fourth-order valence-corrected chi connectivity index (χ4v) is 2.62. The zero-order chi connectivity index (χ0) is 13.2. The molecule has 1 unspecified atom stereocenters. The topological polar surface area (TPSA) is 40.5 Å². The number of likely N-dealkylation sites (N-methyl/N-ethyl adjacent to an activating group) is 1. The Balaban J connectivity index is 2.19. The summed E-state index contributed by atoms with van der Waals surface area (Å²) >= 11 is 0. The number of rotatable bonds is 6. The Bertz CT molecular complexity index is 414. The molecule has 1 N–H and O–H groups in total. The van der Waals surface area contributed by atoms with Crippen LogP contribution in [0.5, 0.6) is 0 Å². The molecule has 3 nitrogen and oxygen atoms in total. The Labute approximate surface area is 108 Å². The molecule has 0 radical (unpaired) electrons. The molecule has 0 aliphatic heterocycles. The van der Waals surface area contributed by atoms with Crippen LogP contribution in [0, 0.1) is 5.92 Å². The van der Waals surface area contributed by atoms with Gasteiger partial charge in [0.15, 0.2) is 0 Å². The fraction of sp³-hybridized carbons (Fsp3) is 0.533. The summed E-state index contributed by atoms with van der Waals surface area (Å²) in [5.41, 5.74) is 0.456. The zero-order valence-corrected chi connectivity index (χ0v) is 11.1. The van der Waals surface area contributed by atoms with Gasteiger partial charge in [-0.1, -0.05) is 37.3 Å². The van der Waals surface area contributed by atoms with Crippen LogP contribution in [0.3, 0.4) is 0 Å². The molecule has 0 aromatic heterocycles. The number of carboxylic acid groups (broad SMARTS) is 1. The maximum absolute atomic E-state index is 11.7. The first kappa shape index (κ1) is 13.1. The molecule has 2 rings (SSSR count). The molecule has 0 spiro atoms. The highest BCUT2D eigenvalue weighted by molar-refractivity contribution is 5.79. The molecule has 0 heterocycles. The molecule has 0 saturated heterocycles. The third-order valence-electron chi connectivity index (χ3n) is 4.06. The molecule has 1 atom stereocenters. The lowest BCUT2D eigenvalue weighted by Crippen LogP contribution is -2.53. The first-order valence-corrected chi connectivity index (χ1v) is 6.61. The number of carboxylic acids is 1. The van der Waals surface area contributed by atoms with Gasteiger partial charge in [-0.25, -0.2) is 0 Å². The van der Waals surface area contributed by atoms with E-state index in [0.717, 1.165) is 19.4 Å². The van der Waals surface area contributed by atoms with Crippen LogP contribution in [0.1, 0.15) is 32.3 Å². The first-order valence-electron chi connectivity index (χ1n) is 6.61. The van der Waals surface area contributed by atoms with E-state index in [1.165, 1.54) is 5.56 Å². The van der Waals surface area contributed by atoms with Crippen LogP contribution in [0.15, 0.2) is 30.3 Å². The predicted molar refractivity (Wildman–Crippen MR) is 71.3 cm³/mol. The molecule has 1 saturated carbocycles. The molecular formula is C15H21NO2. The number of benzene rings is 1. The monoisotopic (exact) mass is 247 g/mol. The summed E-state index contributed by atoms with van der Waals surface area (Å²) in [5, 5.41) is 9.58. The smallest absolute Gasteiger partial charge is 0.324 e. The minimum atomic E-state index is -0.718. The molecule has 1 fully saturated rings. The van der Waals surface area contributed by atoms with Crippen LogP contribution in [-0.4, -0.2) is 28.1 Å². The average molecular weight is 247 g/mol. The van der Waals surface area contributed by atoms with Gasteiger partial charge in [0.25, 0.3) is 0 Å². The summed E-state index contributed by atoms with van der Waals surface area (Å²) in [7, 11) is 0. The van der Waals surface area contributed by atoms with E-state index in [4.69, 9.17) is 0 Å². The molecule has 1 aliphatic carbocycles. The van der Waals surface area contributed by atoms with Gasteiger partial charge in [0.2, 0.25) is 0 Å². The molecule has 98 valence electrons. The van der Waals surface area contributed by atoms with Gasteiger partial charge in [0.1, 0.15) is 5.54 Å². The van der Waals surface area contributed by atoms with E-state index in [0.29, 0.717) is 12.5 Å². The third-order valence-corrected chi connectivity index (χ3v) is 4.06. The van der Waals surface area contributed by atoms with Crippen molar-refractivity contribution in [3.8, 4) is 0 Å². The van der Waals surface area contributed by atoms with Crippen molar-refractivity contribution >= 4 is 5.97 Å². The van der Waals surface area contributed by atoms with Crippen molar-refractivity contribution in [2.45, 2.75) is 38.8 Å². The number of aliphatic carboxylic acids is 1. The molecule has 0 amide bonds. The number of nitrogens with zero attached hydrogens (tertiary/aromatic N) is 1. The Morgan fingerprint density at radius 3 is 2.44 bits per heavy atom. The highest BCUT2D eigenvalue weighted by Crippen LogP contribution is 2.43. The van der Waals surface area contributed by atoms with Crippen molar-refractivity contribution in [3.05, 3.63) is 35.9 Å². The largest absolute Gasteiger partial charge is 0.480 e. The van der Waals surface area contributed by atoms with Gasteiger partial charge in [-0.15, -0.1) is 0 Å². The SMILES string of the molecule is CCN(Cc1ccccc1)C(C)(C(=O)O)C1CC1. The summed E-state index contributed by atoms with van der Waals surface area (Å²) in [6.45, 7) is 5.37. The van der Waals surface area contributed by atoms with E-state index in [2.05, 4.69) is 17.0 Å². The van der Waals surface area contributed by atoms with Crippen molar-refractivity contribution in [1.29, 1.82) is 0 Å². The number of hydrogen-bond donors (Lipinski definition) is 1. The molecule has 1 aromatic rings. The van der Waals surface area contributed by atoms with Crippen LogP contribution < -0.4 is 0 Å². The van der Waals surface area contributed by atoms with Crippen molar-refractivity contribution in [1.82, 2.24) is 4.90 Å². The van der Waals surface area contributed by atoms with Crippen molar-refractivity contribution < 1.29 is 9.90 Å². The lowest BCUT2D eigenvalue weighted by Gasteiger charge is -2.37. The van der Waals surface area contributed by atoms with E-state index in [1.807, 2.05) is 32.0 Å². The van der Waals surface area contributed by atoms with E-state index in [9.17, 15) is 9.90 Å². The van der Waals surface area contributed by atoms with Gasteiger partial charge in [0.05, 0.1) is 0 Å². The minimum absolute atomic E-state index is 0.304. The van der Waals surface area contributed by atoms with Crippen LogP contribution >= 0.6 is 0 Å². The van der Waals surface area contributed by atoms with Crippen LogP contribution in [0.2, 0.25) is 0 Å². The predicted octanol–water partition coefficient (Wildman–Crippen LogP) is 2.76. The van der Waals surface area contributed by atoms with Crippen LogP contribution in [0.25, 0.3) is 0 Å². The summed E-state index contributed by atoms with van der Waals surface area (Å²) in [5.74, 6) is -0.388. The van der Waals surface area contributed by atoms with Crippen molar-refractivity contribution in [2.75, 3.05) is 6.54 Å². The molecule has 18 heavy (non-hydrogen) atoms. The van der Waals surface area contributed by atoms with Crippen LogP contribution in [-0.2, 0) is 11.3 Å². The minimum Gasteiger partial charge on any atom is -0.480 e. The fourth-order valence-electron chi connectivity index (χ4n) is 2.62. The second-order valence-corrected chi connectivity index (χ2v) is 5.23. The Kier molecular flexibility index (Phi) is 3.71. The summed E-state index contributed by atoms with van der Waals surface area (Å²) in [6.07, 6.45) is 2.07. The third kappa shape index (κ3) is 2.41. The maximum Gasteiger partial charge on any atom is 0.324 e. The van der Waals surface area contributed by atoms with Gasteiger partial charge in [-0.3, -0.25) is 9.69 Å². The molecular weight excluding hydrogens is 226 g/mol. The number of carbonyl (C=O) groups is 1. The highest BCUT2D eigenvalue weighted by atomic mass is 16.4. The first-order chi connectivity index (χ1) is 8.59. The van der Waals surface area contributed by atoms with Gasteiger partial charge < -0.3 is 5.11 Å². The zero-order valence-electron chi connectivity index (χ0n) is 11.1. The van der Waals surface area contributed by atoms with Crippen LogP contribution in [0.4, 0.5) is 0 Å². The van der Waals surface area contributed by atoms with E-state index in [1.54, 1.807) is 0 Å². The quantitative estimate of drug-likeness (QED) is 0.840. The van der Waals surface area contributed by atoms with Crippen molar-refractivity contribution in [2.24, 2.45) is 5.92 Å². The van der Waals surface area contributed by atoms with E-state index in [-0.39, 0.29) is 0 Å². The van der Waals surface area contributed by atoms with E-state index < -0.39 is 11.5 Å². The second-order valence-electron chi connectivity index (χ2n) is 5.23. The molecule has 1 aromatic carbocycles. The maximum atomic E-state index is 11.7. The second kappa shape index (κ2) is 5.11. The Hall–Kier alpha value is -1.35. The molecule has 3 heteroatoms. The van der Waals surface area contributed by atoms with Gasteiger partial charge >= 0.3 is 5.97 Å². The summed E-state index contributed by atoms with van der Waals surface area (Å²) in [4.78, 5) is 13.7. The summed E-state index contributed by atoms with van der Waals surface area (Å²) in [6, 6.07) is 10.1. The average Bonchev–Trinajstić information content (AvgIpc) is 3.20. The van der Waals surface area contributed by atoms with E-state index >= 15 is 0 Å². The summed E-state index contributed by atoms with van der Waals surface area (Å²) < 4.78 is 0.